The molecule has 0 radical (unpaired) electrons. The van der Waals surface area contributed by atoms with Crippen LogP contribution in [0.3, 0.4) is 0 Å². The van der Waals surface area contributed by atoms with Crippen molar-refractivity contribution in [3.63, 3.8) is 0 Å². The van der Waals surface area contributed by atoms with Crippen molar-refractivity contribution < 1.29 is 9.90 Å². The zero-order chi connectivity index (χ0) is 10.7. The van der Waals surface area contributed by atoms with E-state index in [0.29, 0.717) is 18.3 Å². The van der Waals surface area contributed by atoms with Gasteiger partial charge in [0.1, 0.15) is 0 Å². The summed E-state index contributed by atoms with van der Waals surface area (Å²) in [6, 6.07) is 0.125. The van der Waals surface area contributed by atoms with E-state index in [1.807, 2.05) is 0 Å². The summed E-state index contributed by atoms with van der Waals surface area (Å²) in [5, 5.41) is 11.9. The molecular formula is C11H21NO2. The predicted molar refractivity (Wildman–Crippen MR) is 55.7 cm³/mol. The van der Waals surface area contributed by atoms with Gasteiger partial charge in [-0.1, -0.05) is 20.8 Å². The first-order valence-corrected chi connectivity index (χ1v) is 5.47. The summed E-state index contributed by atoms with van der Waals surface area (Å²) in [6.07, 6.45) is 1.68. The van der Waals surface area contributed by atoms with Crippen LogP contribution in [0.4, 0.5) is 0 Å². The summed E-state index contributed by atoms with van der Waals surface area (Å²) in [5.41, 5.74) is 0. The molecule has 14 heavy (non-hydrogen) atoms. The number of hydrogen-bond donors (Lipinski definition) is 2. The molecule has 1 rings (SSSR count). The van der Waals surface area contributed by atoms with Crippen LogP contribution in [-0.2, 0) is 4.79 Å². The Bertz CT molecular complexity index is 203. The SMILES string of the molecule is CC(C)C(CCO)NC(=O)C1CC1C. The second-order valence-electron chi connectivity index (χ2n) is 4.69. The normalized spacial score (nSPS) is 27.5. The van der Waals surface area contributed by atoms with Crippen LogP contribution in [0.5, 0.6) is 0 Å². The summed E-state index contributed by atoms with van der Waals surface area (Å²) < 4.78 is 0. The number of carbonyl (C=O) groups excluding carboxylic acids is 1. The summed E-state index contributed by atoms with van der Waals surface area (Å²) >= 11 is 0. The Balaban J connectivity index is 2.35. The molecule has 1 fully saturated rings. The maximum atomic E-state index is 11.6. The molecule has 1 amide bonds. The van der Waals surface area contributed by atoms with Gasteiger partial charge in [-0.05, 0) is 24.7 Å². The van der Waals surface area contributed by atoms with Gasteiger partial charge < -0.3 is 10.4 Å². The Morgan fingerprint density at radius 3 is 2.50 bits per heavy atom. The van der Waals surface area contributed by atoms with Gasteiger partial charge in [-0.3, -0.25) is 4.79 Å². The Hall–Kier alpha value is -0.570. The average molecular weight is 199 g/mol. The van der Waals surface area contributed by atoms with Crippen LogP contribution >= 0.6 is 0 Å². The first-order valence-electron chi connectivity index (χ1n) is 5.47. The van der Waals surface area contributed by atoms with Crippen LogP contribution in [0.1, 0.15) is 33.6 Å². The number of amides is 1. The zero-order valence-corrected chi connectivity index (χ0v) is 9.29. The summed E-state index contributed by atoms with van der Waals surface area (Å²) in [4.78, 5) is 11.6. The van der Waals surface area contributed by atoms with E-state index in [1.165, 1.54) is 0 Å². The minimum Gasteiger partial charge on any atom is -0.396 e. The van der Waals surface area contributed by atoms with E-state index >= 15 is 0 Å². The molecule has 0 aromatic heterocycles. The molecular weight excluding hydrogens is 178 g/mol. The average Bonchev–Trinajstić information content (AvgIpc) is 2.81. The van der Waals surface area contributed by atoms with Crippen molar-refractivity contribution in [1.29, 1.82) is 0 Å². The van der Waals surface area contributed by atoms with Gasteiger partial charge in [-0.25, -0.2) is 0 Å². The number of rotatable bonds is 5. The fourth-order valence-electron chi connectivity index (χ4n) is 1.69. The first kappa shape index (κ1) is 11.5. The standard InChI is InChI=1S/C11H21NO2/c1-7(2)10(4-5-13)12-11(14)9-6-8(9)3/h7-10,13H,4-6H2,1-3H3,(H,12,14). The predicted octanol–water partition coefficient (Wildman–Crippen LogP) is 1.17. The van der Waals surface area contributed by atoms with Gasteiger partial charge in [0.25, 0.3) is 0 Å². The van der Waals surface area contributed by atoms with Gasteiger partial charge in [0.05, 0.1) is 0 Å². The van der Waals surface area contributed by atoms with E-state index in [2.05, 4.69) is 26.1 Å². The molecule has 82 valence electrons. The van der Waals surface area contributed by atoms with Gasteiger partial charge >= 0.3 is 0 Å². The second-order valence-corrected chi connectivity index (χ2v) is 4.69. The molecule has 0 aromatic rings. The Morgan fingerprint density at radius 2 is 2.14 bits per heavy atom. The second kappa shape index (κ2) is 4.78. The largest absolute Gasteiger partial charge is 0.396 e. The lowest BCUT2D eigenvalue weighted by Crippen LogP contribution is -2.40. The van der Waals surface area contributed by atoms with Crippen molar-refractivity contribution >= 4 is 5.91 Å². The van der Waals surface area contributed by atoms with Crippen molar-refractivity contribution in [3.05, 3.63) is 0 Å². The lowest BCUT2D eigenvalue weighted by molar-refractivity contribution is -0.123. The highest BCUT2D eigenvalue weighted by atomic mass is 16.3. The third-order valence-electron chi connectivity index (χ3n) is 3.02. The molecule has 3 unspecified atom stereocenters. The van der Waals surface area contributed by atoms with Crippen molar-refractivity contribution in [2.45, 2.75) is 39.7 Å². The molecule has 3 nitrogen and oxygen atoms in total. The van der Waals surface area contributed by atoms with Gasteiger partial charge in [-0.2, -0.15) is 0 Å². The molecule has 0 bridgehead atoms. The molecule has 0 spiro atoms. The molecule has 3 atom stereocenters. The van der Waals surface area contributed by atoms with Crippen molar-refractivity contribution in [1.82, 2.24) is 5.32 Å². The maximum Gasteiger partial charge on any atom is 0.223 e. The third-order valence-corrected chi connectivity index (χ3v) is 3.02. The quantitative estimate of drug-likeness (QED) is 0.698. The molecule has 0 aromatic carbocycles. The third kappa shape index (κ3) is 2.98. The van der Waals surface area contributed by atoms with Crippen LogP contribution in [0.25, 0.3) is 0 Å². The van der Waals surface area contributed by atoms with E-state index in [9.17, 15) is 4.79 Å². The monoisotopic (exact) mass is 199 g/mol. The van der Waals surface area contributed by atoms with E-state index < -0.39 is 0 Å². The molecule has 3 heteroatoms. The van der Waals surface area contributed by atoms with E-state index in [-0.39, 0.29) is 24.5 Å². The fraction of sp³-hybridized carbons (Fsp3) is 0.909. The van der Waals surface area contributed by atoms with E-state index in [0.717, 1.165) is 6.42 Å². The van der Waals surface area contributed by atoms with E-state index in [4.69, 9.17) is 5.11 Å². The van der Waals surface area contributed by atoms with Gasteiger partial charge in [-0.15, -0.1) is 0 Å². The molecule has 1 saturated carbocycles. The molecule has 1 aliphatic rings. The number of carbonyl (C=O) groups is 1. The summed E-state index contributed by atoms with van der Waals surface area (Å²) in [6.45, 7) is 6.37. The fourth-order valence-corrected chi connectivity index (χ4v) is 1.69. The molecule has 2 N–H and O–H groups in total. The number of aliphatic hydroxyl groups excluding tert-OH is 1. The maximum absolute atomic E-state index is 11.6. The molecule has 1 aliphatic carbocycles. The number of aliphatic hydroxyl groups is 1. The first-order chi connectivity index (χ1) is 6.56. The topological polar surface area (TPSA) is 49.3 Å². The summed E-state index contributed by atoms with van der Waals surface area (Å²) in [7, 11) is 0. The number of hydrogen-bond acceptors (Lipinski definition) is 2. The zero-order valence-electron chi connectivity index (χ0n) is 9.29. The molecule has 0 aliphatic heterocycles. The van der Waals surface area contributed by atoms with E-state index in [1.54, 1.807) is 0 Å². The van der Waals surface area contributed by atoms with Crippen molar-refractivity contribution in [2.75, 3.05) is 6.61 Å². The van der Waals surface area contributed by atoms with Gasteiger partial charge in [0.15, 0.2) is 0 Å². The van der Waals surface area contributed by atoms with Gasteiger partial charge in [0.2, 0.25) is 5.91 Å². The van der Waals surface area contributed by atoms with Crippen molar-refractivity contribution in [3.8, 4) is 0 Å². The van der Waals surface area contributed by atoms with Crippen molar-refractivity contribution in [2.24, 2.45) is 17.8 Å². The molecule has 0 saturated heterocycles. The highest BCUT2D eigenvalue weighted by Gasteiger charge is 2.39. The van der Waals surface area contributed by atoms with Crippen LogP contribution in [0.15, 0.2) is 0 Å². The number of nitrogens with one attached hydrogen (secondary N) is 1. The Kier molecular flexibility index (Phi) is 3.93. The van der Waals surface area contributed by atoms with Gasteiger partial charge in [0, 0.05) is 18.6 Å². The smallest absolute Gasteiger partial charge is 0.223 e. The highest BCUT2D eigenvalue weighted by molar-refractivity contribution is 5.81. The van der Waals surface area contributed by atoms with Crippen LogP contribution in [0, 0.1) is 17.8 Å². The Morgan fingerprint density at radius 1 is 1.57 bits per heavy atom. The Labute approximate surface area is 85.9 Å². The lowest BCUT2D eigenvalue weighted by Gasteiger charge is -2.21. The lowest BCUT2D eigenvalue weighted by atomic mass is 10.0. The summed E-state index contributed by atoms with van der Waals surface area (Å²) in [5.74, 6) is 1.34. The van der Waals surface area contributed by atoms with Crippen LogP contribution in [0.2, 0.25) is 0 Å². The minimum atomic E-state index is 0.125. The minimum absolute atomic E-state index is 0.125. The highest BCUT2D eigenvalue weighted by Crippen LogP contribution is 2.37. The van der Waals surface area contributed by atoms with Crippen LogP contribution < -0.4 is 5.32 Å². The molecule has 0 heterocycles. The van der Waals surface area contributed by atoms with Crippen LogP contribution in [-0.4, -0.2) is 23.7 Å².